The minimum Gasteiger partial charge on any atom is -0.368 e. The highest BCUT2D eigenvalue weighted by atomic mass is 32.1. The average Bonchev–Trinajstić information content (AvgIpc) is 2.98. The van der Waals surface area contributed by atoms with Crippen molar-refractivity contribution in [3.05, 3.63) is 34.7 Å². The molecular weight excluding hydrogens is 337 g/mol. The van der Waals surface area contributed by atoms with Crippen LogP contribution in [0.1, 0.15) is 30.2 Å². The maximum absolute atomic E-state index is 14.2. The number of pyridine rings is 1. The number of hydrogen-bond donors (Lipinski definition) is 2. The molecule has 1 atom stereocenters. The zero-order valence-electron chi connectivity index (χ0n) is 14.1. The van der Waals surface area contributed by atoms with Gasteiger partial charge in [-0.3, -0.25) is 4.98 Å². The summed E-state index contributed by atoms with van der Waals surface area (Å²) in [6.45, 7) is 2.55. The predicted molar refractivity (Wildman–Crippen MR) is 99.4 cm³/mol. The number of hydrogen-bond acceptors (Lipinski definition) is 6. The smallest absolute Gasteiger partial charge is 0.166 e. The highest BCUT2D eigenvalue weighted by molar-refractivity contribution is 7.19. The van der Waals surface area contributed by atoms with Gasteiger partial charge in [0.05, 0.1) is 17.1 Å². The monoisotopic (exact) mass is 357 g/mol. The maximum Gasteiger partial charge on any atom is 0.166 e. The first-order valence-electron chi connectivity index (χ1n) is 8.55. The Balaban J connectivity index is 1.90. The van der Waals surface area contributed by atoms with Gasteiger partial charge in [0.1, 0.15) is 10.6 Å². The lowest BCUT2D eigenvalue weighted by atomic mass is 9.97. The molecule has 4 rings (SSSR count). The standard InChI is InChI=1S/C18H20FN5S/c1-10(20)8-22-17-15-12-4-2-3-5-14(12)25-18(15)24-16(23-17)11-6-7-21-9-13(11)19/h6-7,9-10H,2-5,8,20H2,1H3,(H,22,23,24)/t10-/m1/s1. The molecule has 3 aromatic heterocycles. The second-order valence-corrected chi connectivity index (χ2v) is 7.58. The van der Waals surface area contributed by atoms with Gasteiger partial charge >= 0.3 is 0 Å². The first-order valence-corrected chi connectivity index (χ1v) is 9.36. The number of anilines is 1. The van der Waals surface area contributed by atoms with E-state index in [1.807, 2.05) is 6.92 Å². The summed E-state index contributed by atoms with van der Waals surface area (Å²) < 4.78 is 14.2. The topological polar surface area (TPSA) is 76.7 Å². The fraction of sp³-hybridized carbons (Fsp3) is 0.389. The molecule has 0 fully saturated rings. The van der Waals surface area contributed by atoms with Crippen molar-refractivity contribution >= 4 is 27.4 Å². The summed E-state index contributed by atoms with van der Waals surface area (Å²) in [7, 11) is 0. The molecule has 5 nitrogen and oxygen atoms in total. The van der Waals surface area contributed by atoms with E-state index >= 15 is 0 Å². The molecule has 7 heteroatoms. The number of nitrogens with one attached hydrogen (secondary N) is 1. The van der Waals surface area contributed by atoms with E-state index in [-0.39, 0.29) is 6.04 Å². The van der Waals surface area contributed by atoms with E-state index in [9.17, 15) is 4.39 Å². The van der Waals surface area contributed by atoms with E-state index in [0.717, 1.165) is 28.9 Å². The van der Waals surface area contributed by atoms with Crippen LogP contribution in [0, 0.1) is 5.82 Å². The van der Waals surface area contributed by atoms with Crippen molar-refractivity contribution in [3.8, 4) is 11.4 Å². The second kappa shape index (κ2) is 6.65. The van der Waals surface area contributed by atoms with Crippen LogP contribution in [0.5, 0.6) is 0 Å². The summed E-state index contributed by atoms with van der Waals surface area (Å²) in [5, 5.41) is 4.43. The van der Waals surface area contributed by atoms with Gasteiger partial charge in [-0.05, 0) is 44.2 Å². The van der Waals surface area contributed by atoms with E-state index in [0.29, 0.717) is 17.9 Å². The molecule has 130 valence electrons. The molecule has 0 bridgehead atoms. The van der Waals surface area contributed by atoms with Gasteiger partial charge in [0, 0.05) is 23.7 Å². The van der Waals surface area contributed by atoms with Crippen LogP contribution in [0.2, 0.25) is 0 Å². The Labute approximate surface area is 149 Å². The Morgan fingerprint density at radius 3 is 2.96 bits per heavy atom. The van der Waals surface area contributed by atoms with E-state index in [1.54, 1.807) is 23.6 Å². The molecule has 0 spiro atoms. The number of rotatable bonds is 4. The number of nitrogens with zero attached hydrogens (tertiary/aromatic N) is 3. The minimum absolute atomic E-state index is 0.000545. The molecule has 0 aromatic carbocycles. The van der Waals surface area contributed by atoms with Crippen LogP contribution < -0.4 is 11.1 Å². The number of halogens is 1. The van der Waals surface area contributed by atoms with Gasteiger partial charge in [0.2, 0.25) is 0 Å². The van der Waals surface area contributed by atoms with Gasteiger partial charge in [0.15, 0.2) is 11.6 Å². The average molecular weight is 357 g/mol. The van der Waals surface area contributed by atoms with Gasteiger partial charge in [-0.2, -0.15) is 0 Å². The Morgan fingerprint density at radius 2 is 2.16 bits per heavy atom. The quantitative estimate of drug-likeness (QED) is 0.747. The SMILES string of the molecule is C[C@@H](N)CNc1nc(-c2ccncc2F)nc2sc3c(c12)CCCC3. The molecule has 0 unspecified atom stereocenters. The molecule has 0 radical (unpaired) electrons. The lowest BCUT2D eigenvalue weighted by Gasteiger charge is -2.14. The summed E-state index contributed by atoms with van der Waals surface area (Å²) in [6, 6.07) is 1.61. The van der Waals surface area contributed by atoms with Crippen molar-refractivity contribution < 1.29 is 4.39 Å². The molecule has 0 amide bonds. The van der Waals surface area contributed by atoms with Crippen LogP contribution in [0.15, 0.2) is 18.5 Å². The maximum atomic E-state index is 14.2. The Kier molecular flexibility index (Phi) is 4.35. The largest absolute Gasteiger partial charge is 0.368 e. The van der Waals surface area contributed by atoms with Gasteiger partial charge < -0.3 is 11.1 Å². The first-order chi connectivity index (χ1) is 12.1. The van der Waals surface area contributed by atoms with Crippen molar-refractivity contribution in [2.24, 2.45) is 5.73 Å². The van der Waals surface area contributed by atoms with Crippen LogP contribution in [0.25, 0.3) is 21.6 Å². The molecule has 0 aliphatic heterocycles. The first kappa shape index (κ1) is 16.4. The molecule has 3 heterocycles. The van der Waals surface area contributed by atoms with Crippen molar-refractivity contribution in [1.82, 2.24) is 15.0 Å². The molecule has 0 saturated heterocycles. The van der Waals surface area contributed by atoms with Gasteiger partial charge in [-0.25, -0.2) is 14.4 Å². The third-order valence-corrected chi connectivity index (χ3v) is 5.61. The third kappa shape index (κ3) is 3.09. The van der Waals surface area contributed by atoms with Crippen LogP contribution in [-0.2, 0) is 12.8 Å². The zero-order chi connectivity index (χ0) is 17.4. The van der Waals surface area contributed by atoms with E-state index in [2.05, 4.69) is 20.3 Å². The Hall–Kier alpha value is -2.12. The summed E-state index contributed by atoms with van der Waals surface area (Å²) in [4.78, 5) is 15.4. The van der Waals surface area contributed by atoms with Gasteiger partial charge in [-0.1, -0.05) is 0 Å². The van der Waals surface area contributed by atoms with Crippen molar-refractivity contribution in [3.63, 3.8) is 0 Å². The zero-order valence-corrected chi connectivity index (χ0v) is 14.9. The molecule has 3 aromatic rings. The van der Waals surface area contributed by atoms with Crippen molar-refractivity contribution in [1.29, 1.82) is 0 Å². The molecular formula is C18H20FN5S. The normalized spacial score (nSPS) is 15.2. The molecule has 1 aliphatic rings. The fourth-order valence-corrected chi connectivity index (χ4v) is 4.48. The van der Waals surface area contributed by atoms with Crippen LogP contribution in [-0.4, -0.2) is 27.5 Å². The van der Waals surface area contributed by atoms with Crippen LogP contribution in [0.3, 0.4) is 0 Å². The number of aromatic nitrogens is 3. The van der Waals surface area contributed by atoms with Gasteiger partial charge in [0.25, 0.3) is 0 Å². The van der Waals surface area contributed by atoms with Crippen molar-refractivity contribution in [2.45, 2.75) is 38.6 Å². The molecule has 25 heavy (non-hydrogen) atoms. The summed E-state index contributed by atoms with van der Waals surface area (Å²) in [5.74, 6) is 0.729. The Bertz CT molecular complexity index is 921. The fourth-order valence-electron chi connectivity index (χ4n) is 3.22. The second-order valence-electron chi connectivity index (χ2n) is 6.50. The molecule has 0 saturated carbocycles. The molecule has 3 N–H and O–H groups in total. The Morgan fingerprint density at radius 1 is 1.32 bits per heavy atom. The lowest BCUT2D eigenvalue weighted by Crippen LogP contribution is -2.25. The van der Waals surface area contributed by atoms with E-state index in [1.165, 1.54) is 29.5 Å². The summed E-state index contributed by atoms with van der Waals surface area (Å²) >= 11 is 1.70. The lowest BCUT2D eigenvalue weighted by molar-refractivity contribution is 0.623. The predicted octanol–water partition coefficient (Wildman–Crippen LogP) is 3.53. The van der Waals surface area contributed by atoms with E-state index in [4.69, 9.17) is 5.73 Å². The summed E-state index contributed by atoms with van der Waals surface area (Å²) in [5.41, 5.74) is 7.61. The highest BCUT2D eigenvalue weighted by Crippen LogP contribution is 2.39. The van der Waals surface area contributed by atoms with Gasteiger partial charge in [-0.15, -0.1) is 11.3 Å². The minimum atomic E-state index is -0.415. The number of aryl methyl sites for hydroxylation is 2. The third-order valence-electron chi connectivity index (χ3n) is 4.42. The summed E-state index contributed by atoms with van der Waals surface area (Å²) in [6.07, 6.45) is 7.28. The van der Waals surface area contributed by atoms with Crippen molar-refractivity contribution in [2.75, 3.05) is 11.9 Å². The van der Waals surface area contributed by atoms with E-state index < -0.39 is 5.82 Å². The molecule has 1 aliphatic carbocycles. The number of nitrogens with two attached hydrogens (primary N) is 1. The van der Waals surface area contributed by atoms with Crippen LogP contribution in [0.4, 0.5) is 10.2 Å². The van der Waals surface area contributed by atoms with Crippen LogP contribution >= 0.6 is 11.3 Å². The number of fused-ring (bicyclic) bond motifs is 3. The number of thiophene rings is 1. The highest BCUT2D eigenvalue weighted by Gasteiger charge is 2.22.